The van der Waals surface area contributed by atoms with Gasteiger partial charge in [0.1, 0.15) is 5.82 Å². The molecule has 0 aliphatic carbocycles. The lowest BCUT2D eigenvalue weighted by atomic mass is 10.0. The molecule has 1 aromatic carbocycles. The minimum Gasteiger partial charge on any atom is -0.339 e. The smallest absolute Gasteiger partial charge is 0.227 e. The van der Waals surface area contributed by atoms with Crippen molar-refractivity contribution in [3.05, 3.63) is 35.6 Å². The van der Waals surface area contributed by atoms with E-state index in [2.05, 4.69) is 5.32 Å². The minimum atomic E-state index is -0.250. The van der Waals surface area contributed by atoms with Gasteiger partial charge >= 0.3 is 0 Å². The molecule has 0 radical (unpaired) electrons. The van der Waals surface area contributed by atoms with Gasteiger partial charge in [-0.25, -0.2) is 4.39 Å². The first kappa shape index (κ1) is 13.0. The summed E-state index contributed by atoms with van der Waals surface area (Å²) in [5.41, 5.74) is 0.957. The third-order valence-electron chi connectivity index (χ3n) is 3.69. The number of carbonyl (C=O) groups excluding carboxylic acids is 1. The van der Waals surface area contributed by atoms with E-state index in [0.29, 0.717) is 0 Å². The number of nitrogens with zero attached hydrogens (tertiary/aromatic N) is 1. The Morgan fingerprint density at radius 1 is 1.44 bits per heavy atom. The van der Waals surface area contributed by atoms with Gasteiger partial charge in [-0.15, -0.1) is 0 Å². The maximum atomic E-state index is 12.9. The monoisotopic (exact) mass is 250 g/mol. The highest BCUT2D eigenvalue weighted by molar-refractivity contribution is 5.79. The van der Waals surface area contributed by atoms with E-state index >= 15 is 0 Å². The highest BCUT2D eigenvalue weighted by Gasteiger charge is 2.27. The summed E-state index contributed by atoms with van der Waals surface area (Å²) in [7, 11) is 1.81. The van der Waals surface area contributed by atoms with E-state index in [1.165, 1.54) is 12.1 Å². The summed E-state index contributed by atoms with van der Waals surface area (Å²) < 4.78 is 12.9. The topological polar surface area (TPSA) is 32.3 Å². The molecule has 4 heteroatoms. The second kappa shape index (κ2) is 5.48. The summed E-state index contributed by atoms with van der Waals surface area (Å²) in [5, 5.41) is 3.20. The fourth-order valence-electron chi connectivity index (χ4n) is 2.31. The lowest BCUT2D eigenvalue weighted by molar-refractivity contribution is -0.135. The zero-order chi connectivity index (χ0) is 13.1. The van der Waals surface area contributed by atoms with Gasteiger partial charge in [0.05, 0.1) is 12.0 Å². The van der Waals surface area contributed by atoms with Crippen LogP contribution >= 0.6 is 0 Å². The summed E-state index contributed by atoms with van der Waals surface area (Å²) in [6.07, 6.45) is 0.902. The highest BCUT2D eigenvalue weighted by Crippen LogP contribution is 2.22. The van der Waals surface area contributed by atoms with Crippen LogP contribution in [0.4, 0.5) is 4.39 Å². The van der Waals surface area contributed by atoms with Crippen LogP contribution in [0.5, 0.6) is 0 Å². The third kappa shape index (κ3) is 2.70. The number of hydrogen-bond donors (Lipinski definition) is 1. The van der Waals surface area contributed by atoms with E-state index in [4.69, 9.17) is 0 Å². The maximum Gasteiger partial charge on any atom is 0.227 e. The van der Waals surface area contributed by atoms with Gasteiger partial charge in [-0.3, -0.25) is 4.79 Å². The zero-order valence-electron chi connectivity index (χ0n) is 10.8. The van der Waals surface area contributed by atoms with E-state index in [1.54, 1.807) is 17.0 Å². The largest absolute Gasteiger partial charge is 0.339 e. The standard InChI is InChI=1S/C14H19FN2O/c1-10(11-3-5-13(15)6-4-11)17(2)14(18)12-7-8-16-9-12/h3-6,10,12,16H,7-9H2,1-2H3. The van der Waals surface area contributed by atoms with Crippen molar-refractivity contribution >= 4 is 5.91 Å². The molecule has 1 amide bonds. The fourth-order valence-corrected chi connectivity index (χ4v) is 2.31. The second-order valence-electron chi connectivity index (χ2n) is 4.87. The molecule has 18 heavy (non-hydrogen) atoms. The minimum absolute atomic E-state index is 0.0290. The molecule has 0 spiro atoms. The molecule has 1 heterocycles. The fraction of sp³-hybridized carbons (Fsp3) is 0.500. The van der Waals surface area contributed by atoms with Gasteiger partial charge in [-0.2, -0.15) is 0 Å². The van der Waals surface area contributed by atoms with Crippen molar-refractivity contribution in [3.63, 3.8) is 0 Å². The van der Waals surface area contributed by atoms with Crippen molar-refractivity contribution in [2.45, 2.75) is 19.4 Å². The average molecular weight is 250 g/mol. The molecule has 3 nitrogen and oxygen atoms in total. The quantitative estimate of drug-likeness (QED) is 0.889. The highest BCUT2D eigenvalue weighted by atomic mass is 19.1. The SMILES string of the molecule is CC(c1ccc(F)cc1)N(C)C(=O)C1CCNC1. The Balaban J connectivity index is 2.05. The van der Waals surface area contributed by atoms with Gasteiger partial charge < -0.3 is 10.2 Å². The van der Waals surface area contributed by atoms with E-state index < -0.39 is 0 Å². The summed E-state index contributed by atoms with van der Waals surface area (Å²) in [6, 6.07) is 6.30. The Hall–Kier alpha value is -1.42. The first-order valence-corrected chi connectivity index (χ1v) is 6.32. The predicted octanol–water partition coefficient (Wildman–Crippen LogP) is 1.95. The number of halogens is 1. The Kier molecular flexibility index (Phi) is 3.97. The van der Waals surface area contributed by atoms with Crippen molar-refractivity contribution in [1.29, 1.82) is 0 Å². The first-order valence-electron chi connectivity index (χ1n) is 6.32. The van der Waals surface area contributed by atoms with Crippen molar-refractivity contribution in [1.82, 2.24) is 10.2 Å². The van der Waals surface area contributed by atoms with Crippen molar-refractivity contribution in [2.24, 2.45) is 5.92 Å². The van der Waals surface area contributed by atoms with Crippen LogP contribution in [0.1, 0.15) is 24.9 Å². The number of carbonyl (C=O) groups is 1. The summed E-state index contributed by atoms with van der Waals surface area (Å²) >= 11 is 0. The van der Waals surface area contributed by atoms with Crippen molar-refractivity contribution in [3.8, 4) is 0 Å². The lowest BCUT2D eigenvalue weighted by Gasteiger charge is -2.27. The molecule has 2 atom stereocenters. The van der Waals surface area contributed by atoms with Crippen LogP contribution in [0.25, 0.3) is 0 Å². The van der Waals surface area contributed by atoms with Crippen LogP contribution in [0.15, 0.2) is 24.3 Å². The molecular formula is C14H19FN2O. The lowest BCUT2D eigenvalue weighted by Crippen LogP contribution is -2.35. The molecular weight excluding hydrogens is 231 g/mol. The van der Waals surface area contributed by atoms with E-state index in [1.807, 2.05) is 14.0 Å². The van der Waals surface area contributed by atoms with Gasteiger partial charge in [0.15, 0.2) is 0 Å². The van der Waals surface area contributed by atoms with Crippen LogP contribution in [-0.2, 0) is 4.79 Å². The molecule has 1 aromatic rings. The number of amides is 1. The molecule has 1 fully saturated rings. The molecule has 2 rings (SSSR count). The Morgan fingerprint density at radius 3 is 2.67 bits per heavy atom. The average Bonchev–Trinajstić information content (AvgIpc) is 2.91. The molecule has 0 bridgehead atoms. The molecule has 0 saturated carbocycles. The summed E-state index contributed by atoms with van der Waals surface area (Å²) in [4.78, 5) is 14.0. The molecule has 98 valence electrons. The number of benzene rings is 1. The summed E-state index contributed by atoms with van der Waals surface area (Å²) in [5.74, 6) is -0.00496. The number of rotatable bonds is 3. The molecule has 1 aliphatic heterocycles. The normalized spacial score (nSPS) is 20.7. The van der Waals surface area contributed by atoms with Gasteiger partial charge in [-0.1, -0.05) is 12.1 Å². The Bertz CT molecular complexity index is 412. The van der Waals surface area contributed by atoms with Crippen LogP contribution in [-0.4, -0.2) is 30.9 Å². The van der Waals surface area contributed by atoms with Crippen molar-refractivity contribution < 1.29 is 9.18 Å². The van der Waals surface area contributed by atoms with Gasteiger partial charge in [0.25, 0.3) is 0 Å². The Morgan fingerprint density at radius 2 is 2.11 bits per heavy atom. The molecule has 1 aliphatic rings. The second-order valence-corrected chi connectivity index (χ2v) is 4.87. The Labute approximate surface area is 107 Å². The van der Waals surface area contributed by atoms with Crippen molar-refractivity contribution in [2.75, 3.05) is 20.1 Å². The predicted molar refractivity (Wildman–Crippen MR) is 68.6 cm³/mol. The molecule has 2 unspecified atom stereocenters. The van der Waals surface area contributed by atoms with E-state index in [9.17, 15) is 9.18 Å². The van der Waals surface area contributed by atoms with Gasteiger partial charge in [0.2, 0.25) is 5.91 Å². The van der Waals surface area contributed by atoms with Gasteiger partial charge in [0, 0.05) is 13.6 Å². The van der Waals surface area contributed by atoms with Crippen LogP contribution in [0.3, 0.4) is 0 Å². The number of hydrogen-bond acceptors (Lipinski definition) is 2. The van der Waals surface area contributed by atoms with E-state index in [-0.39, 0.29) is 23.7 Å². The molecule has 1 N–H and O–H groups in total. The molecule has 1 saturated heterocycles. The first-order chi connectivity index (χ1) is 8.59. The van der Waals surface area contributed by atoms with Crippen LogP contribution < -0.4 is 5.32 Å². The summed E-state index contributed by atoms with van der Waals surface area (Å²) in [6.45, 7) is 3.64. The number of nitrogens with one attached hydrogen (secondary N) is 1. The van der Waals surface area contributed by atoms with Gasteiger partial charge in [-0.05, 0) is 37.6 Å². The third-order valence-corrected chi connectivity index (χ3v) is 3.69. The van der Waals surface area contributed by atoms with Crippen LogP contribution in [0.2, 0.25) is 0 Å². The maximum absolute atomic E-state index is 12.9. The van der Waals surface area contributed by atoms with E-state index in [0.717, 1.165) is 25.1 Å². The molecule has 0 aromatic heterocycles. The van der Waals surface area contributed by atoms with Crippen LogP contribution in [0, 0.1) is 11.7 Å². The zero-order valence-corrected chi connectivity index (χ0v) is 10.8.